The van der Waals surface area contributed by atoms with E-state index < -0.39 is 11.5 Å². The molecule has 0 aromatic heterocycles. The summed E-state index contributed by atoms with van der Waals surface area (Å²) in [6.45, 7) is 0. The molecule has 1 aromatic carbocycles. The normalized spacial score (nSPS) is 18.5. The van der Waals surface area contributed by atoms with Crippen LogP contribution in [0.25, 0.3) is 6.08 Å². The molecule has 3 rings (SSSR count). The van der Waals surface area contributed by atoms with Crippen LogP contribution < -0.4 is 5.32 Å². The third-order valence-corrected chi connectivity index (χ3v) is 4.46. The van der Waals surface area contributed by atoms with Gasteiger partial charge in [-0.1, -0.05) is 18.2 Å². The van der Waals surface area contributed by atoms with Crippen LogP contribution in [0.5, 0.6) is 0 Å². The van der Waals surface area contributed by atoms with E-state index in [1.807, 2.05) is 18.2 Å². The number of carbonyl (C=O) groups excluding carboxylic acids is 1. The second kappa shape index (κ2) is 5.35. The zero-order valence-electron chi connectivity index (χ0n) is 11.9. The number of hydrogen-bond acceptors (Lipinski definition) is 2. The van der Waals surface area contributed by atoms with Crippen molar-refractivity contribution in [2.45, 2.75) is 44.1 Å². The van der Waals surface area contributed by atoms with Crippen molar-refractivity contribution in [3.8, 4) is 0 Å². The number of amides is 1. The molecule has 0 bridgehead atoms. The minimum Gasteiger partial charge on any atom is -0.481 e. The van der Waals surface area contributed by atoms with E-state index in [0.29, 0.717) is 5.56 Å². The number of rotatable bonds is 4. The monoisotopic (exact) mass is 285 g/mol. The Morgan fingerprint density at radius 3 is 2.76 bits per heavy atom. The summed E-state index contributed by atoms with van der Waals surface area (Å²) >= 11 is 0. The molecule has 4 nitrogen and oxygen atoms in total. The van der Waals surface area contributed by atoms with Crippen LogP contribution in [0.4, 0.5) is 0 Å². The van der Waals surface area contributed by atoms with Crippen LogP contribution in [0.1, 0.15) is 53.6 Å². The van der Waals surface area contributed by atoms with Gasteiger partial charge in [-0.2, -0.15) is 0 Å². The highest BCUT2D eigenvalue weighted by Gasteiger charge is 2.40. The Hall–Kier alpha value is -2.10. The summed E-state index contributed by atoms with van der Waals surface area (Å²) in [5.41, 5.74) is 2.44. The average molecular weight is 285 g/mol. The van der Waals surface area contributed by atoms with Gasteiger partial charge in [-0.15, -0.1) is 0 Å². The van der Waals surface area contributed by atoms with Crippen LogP contribution in [0.2, 0.25) is 0 Å². The van der Waals surface area contributed by atoms with Crippen LogP contribution >= 0.6 is 0 Å². The van der Waals surface area contributed by atoms with E-state index in [0.717, 1.165) is 32.1 Å². The summed E-state index contributed by atoms with van der Waals surface area (Å²) in [4.78, 5) is 23.4. The summed E-state index contributed by atoms with van der Waals surface area (Å²) < 4.78 is 0. The summed E-state index contributed by atoms with van der Waals surface area (Å²) in [6, 6.07) is 5.71. The van der Waals surface area contributed by atoms with Crippen molar-refractivity contribution >= 4 is 18.0 Å². The maximum absolute atomic E-state index is 12.4. The number of aliphatic carboxylic acids is 1. The Kier molecular flexibility index (Phi) is 3.53. The summed E-state index contributed by atoms with van der Waals surface area (Å²) in [7, 11) is 0. The van der Waals surface area contributed by atoms with Gasteiger partial charge < -0.3 is 10.4 Å². The number of carbonyl (C=O) groups is 2. The van der Waals surface area contributed by atoms with Gasteiger partial charge in [0.2, 0.25) is 0 Å². The van der Waals surface area contributed by atoms with Crippen LogP contribution in [0.15, 0.2) is 24.3 Å². The molecule has 1 fully saturated rings. The van der Waals surface area contributed by atoms with E-state index >= 15 is 0 Å². The van der Waals surface area contributed by atoms with Gasteiger partial charge in [0.1, 0.15) is 0 Å². The first-order chi connectivity index (χ1) is 10.1. The zero-order chi connectivity index (χ0) is 14.9. The Labute approximate surface area is 123 Å². The molecule has 0 spiro atoms. The molecule has 2 aliphatic carbocycles. The van der Waals surface area contributed by atoms with Crippen molar-refractivity contribution in [1.82, 2.24) is 5.32 Å². The second-order valence-electron chi connectivity index (χ2n) is 6.01. The van der Waals surface area contributed by atoms with Gasteiger partial charge in [0, 0.05) is 5.56 Å². The molecule has 0 aliphatic heterocycles. The molecule has 110 valence electrons. The molecular formula is C17H19NO3. The SMILES string of the molecule is O=C(O)CC1(NC(=O)c2ccc3c(c2)CCC=C3)CCC1. The van der Waals surface area contributed by atoms with Crippen molar-refractivity contribution < 1.29 is 14.7 Å². The van der Waals surface area contributed by atoms with Crippen molar-refractivity contribution in [1.29, 1.82) is 0 Å². The molecule has 0 radical (unpaired) electrons. The van der Waals surface area contributed by atoms with Crippen LogP contribution in [0, 0.1) is 0 Å². The number of fused-ring (bicyclic) bond motifs is 1. The van der Waals surface area contributed by atoms with E-state index in [2.05, 4.69) is 17.5 Å². The Morgan fingerprint density at radius 1 is 1.29 bits per heavy atom. The number of aryl methyl sites for hydroxylation is 1. The lowest BCUT2D eigenvalue weighted by atomic mass is 9.74. The largest absolute Gasteiger partial charge is 0.481 e. The highest BCUT2D eigenvalue weighted by atomic mass is 16.4. The first-order valence-corrected chi connectivity index (χ1v) is 7.42. The van der Waals surface area contributed by atoms with Crippen LogP contribution in [-0.2, 0) is 11.2 Å². The molecule has 1 saturated carbocycles. The number of hydrogen-bond donors (Lipinski definition) is 2. The Bertz CT molecular complexity index is 614. The lowest BCUT2D eigenvalue weighted by Crippen LogP contribution is -2.54. The fourth-order valence-corrected chi connectivity index (χ4v) is 3.13. The van der Waals surface area contributed by atoms with Gasteiger partial charge in [-0.05, 0) is 55.4 Å². The fourth-order valence-electron chi connectivity index (χ4n) is 3.13. The average Bonchev–Trinajstić information content (AvgIpc) is 2.43. The number of benzene rings is 1. The standard InChI is InChI=1S/C17H19NO3/c19-15(20)11-17(8-3-9-17)18-16(21)14-7-6-12-4-1-2-5-13(12)10-14/h1,4,6-7,10H,2-3,5,8-9,11H2,(H,18,21)(H,19,20). The van der Waals surface area contributed by atoms with Crippen molar-refractivity contribution in [3.63, 3.8) is 0 Å². The number of carboxylic acids is 1. The minimum atomic E-state index is -0.856. The Morgan fingerprint density at radius 2 is 2.10 bits per heavy atom. The third kappa shape index (κ3) is 2.84. The van der Waals surface area contributed by atoms with Crippen LogP contribution in [-0.4, -0.2) is 22.5 Å². The van der Waals surface area contributed by atoms with Crippen molar-refractivity contribution in [2.24, 2.45) is 0 Å². The highest BCUT2D eigenvalue weighted by Crippen LogP contribution is 2.35. The lowest BCUT2D eigenvalue weighted by Gasteiger charge is -2.41. The molecule has 0 unspecified atom stereocenters. The van der Waals surface area contributed by atoms with Gasteiger partial charge in [0.15, 0.2) is 0 Å². The quantitative estimate of drug-likeness (QED) is 0.894. The first kappa shape index (κ1) is 13.9. The zero-order valence-corrected chi connectivity index (χ0v) is 11.9. The van der Waals surface area contributed by atoms with Crippen molar-refractivity contribution in [3.05, 3.63) is 41.0 Å². The first-order valence-electron chi connectivity index (χ1n) is 7.42. The van der Waals surface area contributed by atoms with E-state index in [9.17, 15) is 9.59 Å². The number of nitrogens with one attached hydrogen (secondary N) is 1. The summed E-state index contributed by atoms with van der Waals surface area (Å²) in [5, 5.41) is 11.9. The van der Waals surface area contributed by atoms with Gasteiger partial charge in [0.05, 0.1) is 12.0 Å². The van der Waals surface area contributed by atoms with Crippen LogP contribution in [0.3, 0.4) is 0 Å². The predicted octanol–water partition coefficient (Wildman–Crippen LogP) is 2.77. The van der Waals surface area contributed by atoms with Crippen molar-refractivity contribution in [2.75, 3.05) is 0 Å². The molecule has 2 aliphatic rings. The van der Waals surface area contributed by atoms with Gasteiger partial charge in [-0.25, -0.2) is 0 Å². The fraction of sp³-hybridized carbons (Fsp3) is 0.412. The van der Waals surface area contributed by atoms with E-state index in [-0.39, 0.29) is 12.3 Å². The molecule has 0 saturated heterocycles. The van der Waals surface area contributed by atoms with E-state index in [1.165, 1.54) is 11.1 Å². The lowest BCUT2D eigenvalue weighted by molar-refractivity contribution is -0.139. The predicted molar refractivity (Wildman–Crippen MR) is 80.1 cm³/mol. The topological polar surface area (TPSA) is 66.4 Å². The summed E-state index contributed by atoms with van der Waals surface area (Å²) in [6.07, 6.45) is 8.65. The highest BCUT2D eigenvalue weighted by molar-refractivity contribution is 5.95. The second-order valence-corrected chi connectivity index (χ2v) is 6.01. The molecular weight excluding hydrogens is 266 g/mol. The molecule has 21 heavy (non-hydrogen) atoms. The molecule has 4 heteroatoms. The molecule has 1 amide bonds. The minimum absolute atomic E-state index is 0.00637. The van der Waals surface area contributed by atoms with E-state index in [1.54, 1.807) is 0 Å². The number of carboxylic acid groups (broad SMARTS) is 1. The smallest absolute Gasteiger partial charge is 0.305 e. The molecule has 0 heterocycles. The van der Waals surface area contributed by atoms with Gasteiger partial charge in [0.25, 0.3) is 5.91 Å². The third-order valence-electron chi connectivity index (χ3n) is 4.46. The summed E-state index contributed by atoms with van der Waals surface area (Å²) in [5.74, 6) is -1.01. The maximum Gasteiger partial charge on any atom is 0.305 e. The Balaban J connectivity index is 1.76. The maximum atomic E-state index is 12.4. The number of allylic oxidation sites excluding steroid dienone is 1. The van der Waals surface area contributed by atoms with Gasteiger partial charge in [-0.3, -0.25) is 9.59 Å². The van der Waals surface area contributed by atoms with Gasteiger partial charge >= 0.3 is 5.97 Å². The molecule has 2 N–H and O–H groups in total. The molecule has 1 aromatic rings. The van der Waals surface area contributed by atoms with E-state index in [4.69, 9.17) is 5.11 Å². The molecule has 0 atom stereocenters.